The Bertz CT molecular complexity index is 464. The zero-order valence-electron chi connectivity index (χ0n) is 11.4. The van der Waals surface area contributed by atoms with Gasteiger partial charge >= 0.3 is 0 Å². The Morgan fingerprint density at radius 2 is 2.11 bits per heavy atom. The maximum atomic E-state index is 12.0. The molecular weight excluding hydrogens is 238 g/mol. The zero-order chi connectivity index (χ0) is 13.7. The molecule has 1 aliphatic rings. The van der Waals surface area contributed by atoms with Crippen LogP contribution < -0.4 is 5.32 Å². The van der Waals surface area contributed by atoms with Crippen molar-refractivity contribution < 1.29 is 9.90 Å². The van der Waals surface area contributed by atoms with E-state index >= 15 is 0 Å². The van der Waals surface area contributed by atoms with Crippen LogP contribution in [-0.2, 0) is 6.42 Å². The van der Waals surface area contributed by atoms with E-state index in [1.165, 1.54) is 5.56 Å². The molecule has 1 aromatic rings. The first kappa shape index (κ1) is 13.8. The number of nitrogens with one attached hydrogen (secondary N) is 1. The van der Waals surface area contributed by atoms with E-state index in [-0.39, 0.29) is 12.5 Å². The van der Waals surface area contributed by atoms with E-state index in [2.05, 4.69) is 12.2 Å². The predicted octanol–water partition coefficient (Wildman–Crippen LogP) is 2.45. The van der Waals surface area contributed by atoms with E-state index < -0.39 is 5.60 Å². The second-order valence-electron chi connectivity index (χ2n) is 5.13. The molecule has 102 valence electrons. The molecule has 19 heavy (non-hydrogen) atoms. The van der Waals surface area contributed by atoms with Crippen LogP contribution in [0.4, 0.5) is 0 Å². The lowest BCUT2D eigenvalue weighted by atomic mass is 9.91. The van der Waals surface area contributed by atoms with Gasteiger partial charge in [-0.3, -0.25) is 4.79 Å². The summed E-state index contributed by atoms with van der Waals surface area (Å²) >= 11 is 0. The van der Waals surface area contributed by atoms with Crippen LogP contribution in [0.5, 0.6) is 0 Å². The molecule has 0 saturated heterocycles. The second kappa shape index (κ2) is 6.02. The summed E-state index contributed by atoms with van der Waals surface area (Å²) in [5.74, 6) is -0.130. The lowest BCUT2D eigenvalue weighted by molar-refractivity contribution is 0.0660. The topological polar surface area (TPSA) is 49.3 Å². The van der Waals surface area contributed by atoms with Crippen molar-refractivity contribution in [3.8, 4) is 0 Å². The summed E-state index contributed by atoms with van der Waals surface area (Å²) < 4.78 is 0. The van der Waals surface area contributed by atoms with Gasteiger partial charge in [0.25, 0.3) is 5.91 Å². The number of hydrogen-bond donors (Lipinski definition) is 2. The molecule has 1 aromatic carbocycles. The molecule has 0 bridgehead atoms. The average Bonchev–Trinajstić information content (AvgIpc) is 2.46. The number of aliphatic hydroxyl groups is 1. The number of aryl methyl sites for hydroxylation is 1. The monoisotopic (exact) mass is 259 g/mol. The third-order valence-electron chi connectivity index (χ3n) is 3.59. The van der Waals surface area contributed by atoms with E-state index in [1.54, 1.807) is 6.08 Å². The fourth-order valence-corrected chi connectivity index (χ4v) is 2.29. The van der Waals surface area contributed by atoms with Gasteiger partial charge in [0.15, 0.2) is 0 Å². The zero-order valence-corrected chi connectivity index (χ0v) is 11.4. The van der Waals surface area contributed by atoms with Gasteiger partial charge < -0.3 is 10.4 Å². The van der Waals surface area contributed by atoms with Gasteiger partial charge in [-0.1, -0.05) is 31.2 Å². The molecular formula is C16H21NO2. The Kier molecular flexibility index (Phi) is 4.38. The SMILES string of the molecule is CCc1ccc(C(=O)NC[C@@]2(O)C=CCCC2)cc1. The molecule has 0 spiro atoms. The number of carbonyl (C=O) groups excluding carboxylic acids is 1. The van der Waals surface area contributed by atoms with Gasteiger partial charge in [0.1, 0.15) is 0 Å². The molecule has 2 N–H and O–H groups in total. The van der Waals surface area contributed by atoms with E-state index in [0.29, 0.717) is 12.0 Å². The highest BCUT2D eigenvalue weighted by Gasteiger charge is 2.25. The molecule has 0 fully saturated rings. The Balaban J connectivity index is 1.93. The maximum Gasteiger partial charge on any atom is 0.251 e. The number of rotatable bonds is 4. The van der Waals surface area contributed by atoms with Crippen LogP contribution in [0, 0.1) is 0 Å². The molecule has 3 heteroatoms. The third kappa shape index (κ3) is 3.67. The molecule has 2 rings (SSSR count). The molecule has 0 heterocycles. The van der Waals surface area contributed by atoms with Crippen molar-refractivity contribution in [2.24, 2.45) is 0 Å². The van der Waals surface area contributed by atoms with Crippen molar-refractivity contribution in [2.45, 2.75) is 38.2 Å². The van der Waals surface area contributed by atoms with Crippen LogP contribution in [0.15, 0.2) is 36.4 Å². The van der Waals surface area contributed by atoms with Crippen molar-refractivity contribution in [3.63, 3.8) is 0 Å². The van der Waals surface area contributed by atoms with E-state index in [4.69, 9.17) is 0 Å². The molecule has 1 amide bonds. The van der Waals surface area contributed by atoms with Crippen molar-refractivity contribution in [3.05, 3.63) is 47.5 Å². The van der Waals surface area contributed by atoms with Crippen molar-refractivity contribution >= 4 is 5.91 Å². The van der Waals surface area contributed by atoms with Gasteiger partial charge in [-0.15, -0.1) is 0 Å². The molecule has 0 aromatic heterocycles. The molecule has 0 unspecified atom stereocenters. The fraction of sp³-hybridized carbons (Fsp3) is 0.438. The molecule has 3 nitrogen and oxygen atoms in total. The Morgan fingerprint density at radius 1 is 1.37 bits per heavy atom. The van der Waals surface area contributed by atoms with Crippen molar-refractivity contribution in [2.75, 3.05) is 6.54 Å². The minimum atomic E-state index is -0.878. The molecule has 0 aliphatic heterocycles. The summed E-state index contributed by atoms with van der Waals surface area (Å²) in [6.07, 6.45) is 7.43. The van der Waals surface area contributed by atoms with Crippen molar-refractivity contribution in [1.82, 2.24) is 5.32 Å². The molecule has 0 saturated carbocycles. The summed E-state index contributed by atoms with van der Waals surface area (Å²) in [6, 6.07) is 7.58. The summed E-state index contributed by atoms with van der Waals surface area (Å²) in [5.41, 5.74) is 0.975. The van der Waals surface area contributed by atoms with Gasteiger partial charge in [0.05, 0.1) is 12.1 Å². The van der Waals surface area contributed by atoms with Crippen LogP contribution in [0.1, 0.15) is 42.1 Å². The van der Waals surface area contributed by atoms with Gasteiger partial charge in [0.2, 0.25) is 0 Å². The van der Waals surface area contributed by atoms with Gasteiger partial charge in [-0.25, -0.2) is 0 Å². The first-order valence-corrected chi connectivity index (χ1v) is 6.90. The Hall–Kier alpha value is -1.61. The first-order chi connectivity index (χ1) is 9.13. The number of benzene rings is 1. The minimum absolute atomic E-state index is 0.130. The van der Waals surface area contributed by atoms with E-state index in [9.17, 15) is 9.90 Å². The summed E-state index contributed by atoms with van der Waals surface area (Å²) in [7, 11) is 0. The van der Waals surface area contributed by atoms with Gasteiger partial charge in [-0.2, -0.15) is 0 Å². The highest BCUT2D eigenvalue weighted by Crippen LogP contribution is 2.21. The summed E-state index contributed by atoms with van der Waals surface area (Å²) in [5, 5.41) is 13.1. The number of carbonyl (C=O) groups is 1. The number of amides is 1. The highest BCUT2D eigenvalue weighted by atomic mass is 16.3. The smallest absolute Gasteiger partial charge is 0.251 e. The Labute approximate surface area is 114 Å². The van der Waals surface area contributed by atoms with E-state index in [1.807, 2.05) is 30.3 Å². The molecule has 1 atom stereocenters. The van der Waals surface area contributed by atoms with Crippen LogP contribution >= 0.6 is 0 Å². The quantitative estimate of drug-likeness (QED) is 0.816. The number of allylic oxidation sites excluding steroid dienone is 1. The molecule has 0 radical (unpaired) electrons. The lowest BCUT2D eigenvalue weighted by Gasteiger charge is -2.27. The molecule has 1 aliphatic carbocycles. The normalized spacial score (nSPS) is 22.2. The van der Waals surface area contributed by atoms with Crippen LogP contribution in [0.3, 0.4) is 0 Å². The largest absolute Gasteiger partial charge is 0.384 e. The lowest BCUT2D eigenvalue weighted by Crippen LogP contribution is -2.42. The van der Waals surface area contributed by atoms with Crippen LogP contribution in [0.2, 0.25) is 0 Å². The Morgan fingerprint density at radius 3 is 2.68 bits per heavy atom. The van der Waals surface area contributed by atoms with Gasteiger partial charge in [-0.05, 0) is 43.4 Å². The average molecular weight is 259 g/mol. The predicted molar refractivity (Wildman–Crippen MR) is 76.1 cm³/mol. The standard InChI is InChI=1S/C16H21NO2/c1-2-13-6-8-14(9-7-13)15(18)17-12-16(19)10-4-3-5-11-16/h4,6-10,19H,2-3,5,11-12H2,1H3,(H,17,18)/t16-/m1/s1. The number of hydrogen-bond acceptors (Lipinski definition) is 2. The van der Waals surface area contributed by atoms with Gasteiger partial charge in [0, 0.05) is 5.56 Å². The van der Waals surface area contributed by atoms with Crippen LogP contribution in [0.25, 0.3) is 0 Å². The minimum Gasteiger partial charge on any atom is -0.384 e. The summed E-state index contributed by atoms with van der Waals surface area (Å²) in [6.45, 7) is 2.36. The highest BCUT2D eigenvalue weighted by molar-refractivity contribution is 5.94. The van der Waals surface area contributed by atoms with Crippen molar-refractivity contribution in [1.29, 1.82) is 0 Å². The van der Waals surface area contributed by atoms with Crippen LogP contribution in [-0.4, -0.2) is 23.2 Å². The maximum absolute atomic E-state index is 12.0. The first-order valence-electron chi connectivity index (χ1n) is 6.90. The second-order valence-corrected chi connectivity index (χ2v) is 5.13. The van der Waals surface area contributed by atoms with E-state index in [0.717, 1.165) is 19.3 Å². The third-order valence-corrected chi connectivity index (χ3v) is 3.59. The summed E-state index contributed by atoms with van der Waals surface area (Å²) in [4.78, 5) is 12.0. The fourth-order valence-electron chi connectivity index (χ4n) is 2.29.